The number of unbranched alkanes of at least 4 members (excludes halogenated alkanes) is 1. The van der Waals surface area contributed by atoms with Gasteiger partial charge >= 0.3 is 17.9 Å². The zero-order valence-electron chi connectivity index (χ0n) is 35.5. The number of amides is 5. The van der Waals surface area contributed by atoms with Crippen molar-refractivity contribution in [2.45, 2.75) is 100 Å². The number of fused-ring (bicyclic) bond motifs is 1. The summed E-state index contributed by atoms with van der Waals surface area (Å²) < 4.78 is 0. The first kappa shape index (κ1) is 49.2. The van der Waals surface area contributed by atoms with E-state index in [1.54, 1.807) is 0 Å². The molecule has 6 atom stereocenters. The van der Waals surface area contributed by atoms with Gasteiger partial charge in [0, 0.05) is 75.5 Å². The highest BCUT2D eigenvalue weighted by Crippen LogP contribution is 2.37. The number of aliphatic imine (C=N–C) groups is 1. The minimum atomic E-state index is -1.63. The molecule has 0 spiro atoms. The quantitative estimate of drug-likeness (QED) is 0.0364. The minimum Gasteiger partial charge on any atom is -0.481 e. The van der Waals surface area contributed by atoms with Gasteiger partial charge in [0.05, 0.1) is 32.1 Å². The zero-order valence-corrected chi connectivity index (χ0v) is 35.5. The highest BCUT2D eigenvalue weighted by molar-refractivity contribution is 5.99. The van der Waals surface area contributed by atoms with Crippen LogP contribution in [-0.4, -0.2) is 197 Å². The Kier molecular flexibility index (Phi) is 18.0. The minimum absolute atomic E-state index is 0.0516. The molecule has 11 N–H and O–H groups in total. The summed E-state index contributed by atoms with van der Waals surface area (Å²) in [5.74, 6) is -9.27. The molecule has 0 unspecified atom stereocenters. The number of guanidine groups is 1. The number of carbonyl (C=O) groups excluding carboxylic acids is 6. The molecule has 62 heavy (non-hydrogen) atoms. The van der Waals surface area contributed by atoms with Gasteiger partial charge in [-0.3, -0.25) is 53.0 Å². The van der Waals surface area contributed by atoms with E-state index >= 15 is 0 Å². The lowest BCUT2D eigenvalue weighted by molar-refractivity contribution is -0.149. The topological polar surface area (TPSA) is 340 Å². The first-order valence-electron chi connectivity index (χ1n) is 21.1. The fraction of sp³-hybridized carbons (Fsp3) is 0.744. The van der Waals surface area contributed by atoms with Crippen LogP contribution < -0.4 is 32.7 Å². The molecule has 0 radical (unpaired) electrons. The molecule has 4 rings (SSSR count). The summed E-state index contributed by atoms with van der Waals surface area (Å²) >= 11 is 0. The summed E-state index contributed by atoms with van der Waals surface area (Å²) in [6.07, 6.45) is 1.73. The standard InChI is InChI=1S/C39H63N11O12/c1-47-12-13-48(2)22-39(21-47,49(19-32(56)57)20-33(58)59)10-4-3-7-29(52)43-17-24-14-25-8-9-27-28(51)15-23(6-5-11-42-38(40)41)35(60)44-18-30(53)45-26(16-31(54)55)36(61)46-34(24)37(62)50(25)27/h23-27,34H,3-22H2,1-2H3,(H,43,52)(H,44,60)(H,45,53)(H,46,61)(H,54,55)(H,56,57)(H,58,59)(H4,40,41,42)/t23-,24+,25+,26+,27+,34-/m1/s1. The van der Waals surface area contributed by atoms with Crippen molar-refractivity contribution in [1.29, 1.82) is 0 Å². The molecule has 346 valence electrons. The van der Waals surface area contributed by atoms with Crippen molar-refractivity contribution >= 4 is 59.2 Å². The average Bonchev–Trinajstić information content (AvgIpc) is 3.55. The van der Waals surface area contributed by atoms with E-state index in [-0.39, 0.29) is 56.4 Å². The van der Waals surface area contributed by atoms with Crippen LogP contribution in [0.3, 0.4) is 0 Å². The van der Waals surface area contributed by atoms with Crippen LogP contribution in [-0.2, 0) is 43.2 Å². The number of rotatable bonds is 18. The Bertz CT molecular complexity index is 1700. The van der Waals surface area contributed by atoms with E-state index in [1.165, 1.54) is 9.80 Å². The molecule has 23 heteroatoms. The summed E-state index contributed by atoms with van der Waals surface area (Å²) in [7, 11) is 3.79. The van der Waals surface area contributed by atoms with E-state index in [4.69, 9.17) is 11.5 Å². The monoisotopic (exact) mass is 877 g/mol. The summed E-state index contributed by atoms with van der Waals surface area (Å²) in [5.41, 5.74) is 10.0. The van der Waals surface area contributed by atoms with Crippen LogP contribution >= 0.6 is 0 Å². The smallest absolute Gasteiger partial charge is 0.317 e. The summed E-state index contributed by atoms with van der Waals surface area (Å²) in [6, 6.07) is -4.28. The normalized spacial score (nSPS) is 26.3. The molecular weight excluding hydrogens is 814 g/mol. The molecular formula is C39H63N11O12. The van der Waals surface area contributed by atoms with Gasteiger partial charge in [-0.2, -0.15) is 0 Å². The number of ketones is 1. The Morgan fingerprint density at radius 2 is 1.55 bits per heavy atom. The first-order chi connectivity index (χ1) is 29.3. The Morgan fingerprint density at radius 1 is 0.887 bits per heavy atom. The molecule has 0 aromatic carbocycles. The maximum absolute atomic E-state index is 14.4. The van der Waals surface area contributed by atoms with E-state index in [0.29, 0.717) is 64.7 Å². The van der Waals surface area contributed by atoms with E-state index in [2.05, 4.69) is 26.3 Å². The number of nitrogens with zero attached hydrogens (tertiary/aromatic N) is 5. The highest BCUT2D eigenvalue weighted by Gasteiger charge is 2.51. The van der Waals surface area contributed by atoms with Gasteiger partial charge in [-0.15, -0.1) is 0 Å². The van der Waals surface area contributed by atoms with Gasteiger partial charge in [0.25, 0.3) is 0 Å². The molecule has 0 aromatic heterocycles. The molecule has 5 amide bonds. The average molecular weight is 878 g/mol. The van der Waals surface area contributed by atoms with E-state index in [9.17, 15) is 58.5 Å². The van der Waals surface area contributed by atoms with Crippen LogP contribution in [0.4, 0.5) is 0 Å². The molecule has 4 fully saturated rings. The predicted molar refractivity (Wildman–Crippen MR) is 220 cm³/mol. The van der Waals surface area contributed by atoms with Crippen molar-refractivity contribution in [1.82, 2.24) is 40.9 Å². The zero-order chi connectivity index (χ0) is 45.7. The molecule has 0 aliphatic carbocycles. The number of aliphatic carboxylic acids is 3. The number of carboxylic acids is 3. The van der Waals surface area contributed by atoms with Gasteiger partial charge in [0.1, 0.15) is 12.1 Å². The number of Topliss-reactive ketones (excluding diaryl/α,β-unsaturated/α-hetero) is 1. The number of nitrogens with two attached hydrogens (primary N) is 2. The largest absolute Gasteiger partial charge is 0.481 e. The van der Waals surface area contributed by atoms with Gasteiger partial charge in [0.15, 0.2) is 11.7 Å². The number of hydrogen-bond donors (Lipinski definition) is 9. The second-order valence-corrected chi connectivity index (χ2v) is 17.1. The Balaban J connectivity index is 1.50. The molecule has 4 aliphatic rings. The number of carboxylic acid groups (broad SMARTS) is 3. The molecule has 2 bridgehead atoms. The van der Waals surface area contributed by atoms with Crippen molar-refractivity contribution in [3.05, 3.63) is 0 Å². The number of likely N-dealkylation sites (N-methyl/N-ethyl adjacent to an activating group) is 2. The van der Waals surface area contributed by atoms with Gasteiger partial charge in [-0.1, -0.05) is 6.42 Å². The van der Waals surface area contributed by atoms with E-state index in [1.807, 2.05) is 23.9 Å². The maximum atomic E-state index is 14.4. The van der Waals surface area contributed by atoms with Gasteiger partial charge in [0.2, 0.25) is 29.5 Å². The Labute approximate surface area is 359 Å². The number of carbonyl (C=O) groups is 9. The third kappa shape index (κ3) is 14.1. The number of nitrogens with one attached hydrogen (secondary N) is 4. The van der Waals surface area contributed by atoms with E-state index < -0.39 is 109 Å². The maximum Gasteiger partial charge on any atom is 0.317 e. The van der Waals surface area contributed by atoms with Crippen LogP contribution in [0.5, 0.6) is 0 Å². The van der Waals surface area contributed by atoms with E-state index in [0.717, 1.165) is 0 Å². The Morgan fingerprint density at radius 3 is 2.16 bits per heavy atom. The number of hydrogen-bond acceptors (Lipinski definition) is 13. The fourth-order valence-corrected chi connectivity index (χ4v) is 9.30. The van der Waals surface area contributed by atoms with Crippen LogP contribution in [0, 0.1) is 11.8 Å². The van der Waals surface area contributed by atoms with Gasteiger partial charge in [-0.25, -0.2) is 0 Å². The van der Waals surface area contributed by atoms with Crippen LogP contribution in [0.2, 0.25) is 0 Å². The van der Waals surface area contributed by atoms with Crippen molar-refractivity contribution < 1.29 is 58.5 Å². The molecule has 23 nitrogen and oxygen atoms in total. The second-order valence-electron chi connectivity index (χ2n) is 17.1. The lowest BCUT2D eigenvalue weighted by Crippen LogP contribution is -2.64. The fourth-order valence-electron chi connectivity index (χ4n) is 9.30. The SMILES string of the molecule is CN1CCN(C)CC(CCCCC(=O)NC[C@@H]2C[C@@H]3CC[C@H]4C(=O)C[C@@H](CCCN=C(N)N)C(=O)NCC(=O)N[C@@H](CC(=O)O)C(=O)N[C@H]2C(=O)N34)(N(CC(=O)O)CC(=O)O)C1. The second kappa shape index (κ2) is 22.6. The predicted octanol–water partition coefficient (Wildman–Crippen LogP) is -3.67. The number of piperidine rings is 1. The van der Waals surface area contributed by atoms with Crippen molar-refractivity contribution in [2.75, 3.05) is 73.0 Å². The Hall–Kier alpha value is -5.42. The molecule has 4 heterocycles. The summed E-state index contributed by atoms with van der Waals surface area (Å²) in [4.78, 5) is 128. The summed E-state index contributed by atoms with van der Waals surface area (Å²) in [5, 5.41) is 39.2. The molecule has 4 aliphatic heterocycles. The van der Waals surface area contributed by atoms with Crippen molar-refractivity contribution in [3.63, 3.8) is 0 Å². The molecule has 4 saturated heterocycles. The van der Waals surface area contributed by atoms with Crippen LogP contribution in [0.15, 0.2) is 4.99 Å². The molecule has 0 saturated carbocycles. The lowest BCUT2D eigenvalue weighted by Gasteiger charge is -2.45. The van der Waals surface area contributed by atoms with Gasteiger partial charge in [-0.05, 0) is 59.0 Å². The van der Waals surface area contributed by atoms with Crippen LogP contribution in [0.1, 0.15) is 70.6 Å². The molecule has 0 aromatic rings. The summed E-state index contributed by atoms with van der Waals surface area (Å²) in [6.45, 7) is 0.806. The third-order valence-corrected chi connectivity index (χ3v) is 12.2. The third-order valence-electron chi connectivity index (χ3n) is 12.2. The first-order valence-corrected chi connectivity index (χ1v) is 21.1. The van der Waals surface area contributed by atoms with Gasteiger partial charge < -0.3 is 62.8 Å². The lowest BCUT2D eigenvalue weighted by atomic mass is 9.85. The van der Waals surface area contributed by atoms with Crippen molar-refractivity contribution in [2.24, 2.45) is 28.3 Å². The van der Waals surface area contributed by atoms with Crippen molar-refractivity contribution in [3.8, 4) is 0 Å². The van der Waals surface area contributed by atoms with Crippen LogP contribution in [0.25, 0.3) is 0 Å². The highest BCUT2D eigenvalue weighted by atomic mass is 16.4.